The summed E-state index contributed by atoms with van der Waals surface area (Å²) in [6.45, 7) is 2.23. The average Bonchev–Trinajstić information content (AvgIpc) is 2.66. The van der Waals surface area contributed by atoms with Crippen LogP contribution in [0.2, 0.25) is 0 Å². The Bertz CT molecular complexity index is 300. The van der Waals surface area contributed by atoms with Crippen LogP contribution in [0.3, 0.4) is 0 Å². The Labute approximate surface area is 91.9 Å². The molecule has 0 radical (unpaired) electrons. The number of hydrogen-bond acceptors (Lipinski definition) is 2. The van der Waals surface area contributed by atoms with Gasteiger partial charge in [-0.2, -0.15) is 5.10 Å². The summed E-state index contributed by atoms with van der Waals surface area (Å²) in [5.74, 6) is 0. The SMILES string of the molecule is CC(NC1CCCCC1)c1ccnn1C. The zero-order valence-electron chi connectivity index (χ0n) is 9.74. The standard InChI is InChI=1S/C12H21N3/c1-10(12-8-9-13-15(12)2)14-11-6-4-3-5-7-11/h8-11,14H,3-7H2,1-2H3. The molecule has 1 unspecified atom stereocenters. The largest absolute Gasteiger partial charge is 0.306 e. The number of aromatic nitrogens is 2. The van der Waals surface area contributed by atoms with Crippen molar-refractivity contribution in [3.8, 4) is 0 Å². The lowest BCUT2D eigenvalue weighted by atomic mass is 9.95. The zero-order chi connectivity index (χ0) is 10.7. The third-order valence-corrected chi connectivity index (χ3v) is 3.39. The van der Waals surface area contributed by atoms with Crippen LogP contribution in [0.25, 0.3) is 0 Å². The van der Waals surface area contributed by atoms with Gasteiger partial charge in [-0.25, -0.2) is 0 Å². The van der Waals surface area contributed by atoms with Gasteiger partial charge in [0.25, 0.3) is 0 Å². The summed E-state index contributed by atoms with van der Waals surface area (Å²) in [5, 5.41) is 7.91. The number of rotatable bonds is 3. The summed E-state index contributed by atoms with van der Waals surface area (Å²) in [6, 6.07) is 3.23. The molecule has 0 aromatic carbocycles. The quantitative estimate of drug-likeness (QED) is 0.825. The summed E-state index contributed by atoms with van der Waals surface area (Å²) in [5.41, 5.74) is 1.28. The van der Waals surface area contributed by atoms with Crippen LogP contribution < -0.4 is 5.32 Å². The topological polar surface area (TPSA) is 29.9 Å². The second-order valence-electron chi connectivity index (χ2n) is 4.60. The van der Waals surface area contributed by atoms with Crippen molar-refractivity contribution in [2.24, 2.45) is 7.05 Å². The molecule has 0 spiro atoms. The van der Waals surface area contributed by atoms with Gasteiger partial charge >= 0.3 is 0 Å². The van der Waals surface area contributed by atoms with E-state index in [1.807, 2.05) is 17.9 Å². The van der Waals surface area contributed by atoms with Crippen LogP contribution in [-0.4, -0.2) is 15.8 Å². The van der Waals surface area contributed by atoms with Gasteiger partial charge in [0.1, 0.15) is 0 Å². The van der Waals surface area contributed by atoms with Crippen LogP contribution in [-0.2, 0) is 7.05 Å². The highest BCUT2D eigenvalue weighted by Crippen LogP contribution is 2.20. The van der Waals surface area contributed by atoms with E-state index in [0.29, 0.717) is 12.1 Å². The molecule has 1 heterocycles. The lowest BCUT2D eigenvalue weighted by Gasteiger charge is -2.26. The minimum absolute atomic E-state index is 0.417. The molecule has 3 nitrogen and oxygen atoms in total. The molecule has 1 aliphatic rings. The number of hydrogen-bond donors (Lipinski definition) is 1. The first kappa shape index (κ1) is 10.7. The molecule has 1 aliphatic carbocycles. The van der Waals surface area contributed by atoms with Crippen molar-refractivity contribution < 1.29 is 0 Å². The van der Waals surface area contributed by atoms with Gasteiger partial charge in [-0.3, -0.25) is 4.68 Å². The van der Waals surface area contributed by atoms with Crippen molar-refractivity contribution in [3.63, 3.8) is 0 Å². The minimum Gasteiger partial charge on any atom is -0.306 e. The van der Waals surface area contributed by atoms with E-state index < -0.39 is 0 Å². The maximum Gasteiger partial charge on any atom is 0.0547 e. The first-order valence-corrected chi connectivity index (χ1v) is 6.01. The lowest BCUT2D eigenvalue weighted by molar-refractivity contribution is 0.341. The molecule has 2 rings (SSSR count). The van der Waals surface area contributed by atoms with Crippen LogP contribution in [0, 0.1) is 0 Å². The summed E-state index contributed by atoms with van der Waals surface area (Å²) < 4.78 is 1.96. The van der Waals surface area contributed by atoms with Gasteiger partial charge in [0, 0.05) is 25.3 Å². The van der Waals surface area contributed by atoms with Gasteiger partial charge in [-0.05, 0) is 25.8 Å². The second-order valence-corrected chi connectivity index (χ2v) is 4.60. The Morgan fingerprint density at radius 1 is 1.40 bits per heavy atom. The predicted molar refractivity (Wildman–Crippen MR) is 61.6 cm³/mol. The van der Waals surface area contributed by atoms with Crippen molar-refractivity contribution in [1.82, 2.24) is 15.1 Å². The molecule has 84 valence electrons. The Hall–Kier alpha value is -0.830. The van der Waals surface area contributed by atoms with Gasteiger partial charge in [-0.15, -0.1) is 0 Å². The van der Waals surface area contributed by atoms with Crippen LogP contribution in [0.4, 0.5) is 0 Å². The third-order valence-electron chi connectivity index (χ3n) is 3.39. The predicted octanol–water partition coefficient (Wildman–Crippen LogP) is 2.40. The molecule has 1 aromatic rings. The minimum atomic E-state index is 0.417. The van der Waals surface area contributed by atoms with Crippen molar-refractivity contribution in [2.75, 3.05) is 0 Å². The summed E-state index contributed by atoms with van der Waals surface area (Å²) in [4.78, 5) is 0. The van der Waals surface area contributed by atoms with Gasteiger partial charge in [0.15, 0.2) is 0 Å². The lowest BCUT2D eigenvalue weighted by Crippen LogP contribution is -2.33. The van der Waals surface area contributed by atoms with Crippen molar-refractivity contribution in [2.45, 2.75) is 51.1 Å². The molecule has 1 aromatic heterocycles. The second kappa shape index (κ2) is 4.79. The Balaban J connectivity index is 1.91. The fraction of sp³-hybridized carbons (Fsp3) is 0.750. The molecule has 0 amide bonds. The van der Waals surface area contributed by atoms with Crippen molar-refractivity contribution >= 4 is 0 Å². The maximum absolute atomic E-state index is 4.21. The molecule has 15 heavy (non-hydrogen) atoms. The Morgan fingerprint density at radius 2 is 2.13 bits per heavy atom. The summed E-state index contributed by atoms with van der Waals surface area (Å²) in [7, 11) is 2.01. The fourth-order valence-corrected chi connectivity index (χ4v) is 2.52. The van der Waals surface area contributed by atoms with E-state index in [0.717, 1.165) is 0 Å². The highest BCUT2D eigenvalue weighted by Gasteiger charge is 2.17. The molecule has 0 aliphatic heterocycles. The molecule has 1 atom stereocenters. The number of nitrogens with zero attached hydrogens (tertiary/aromatic N) is 2. The van der Waals surface area contributed by atoms with E-state index in [9.17, 15) is 0 Å². The molecule has 1 fully saturated rings. The summed E-state index contributed by atoms with van der Waals surface area (Å²) >= 11 is 0. The third kappa shape index (κ3) is 2.59. The van der Waals surface area contributed by atoms with Crippen LogP contribution in [0.5, 0.6) is 0 Å². The molecule has 1 N–H and O–H groups in total. The monoisotopic (exact) mass is 207 g/mol. The molecule has 0 saturated heterocycles. The highest BCUT2D eigenvalue weighted by molar-refractivity contribution is 5.05. The fourth-order valence-electron chi connectivity index (χ4n) is 2.52. The van der Waals surface area contributed by atoms with Crippen LogP contribution in [0.15, 0.2) is 12.3 Å². The Kier molecular flexibility index (Phi) is 3.41. The van der Waals surface area contributed by atoms with E-state index in [1.165, 1.54) is 37.8 Å². The maximum atomic E-state index is 4.21. The van der Waals surface area contributed by atoms with Gasteiger partial charge in [-0.1, -0.05) is 19.3 Å². The van der Waals surface area contributed by atoms with E-state index in [2.05, 4.69) is 23.4 Å². The average molecular weight is 207 g/mol. The van der Waals surface area contributed by atoms with E-state index >= 15 is 0 Å². The first-order chi connectivity index (χ1) is 7.27. The normalized spacial score (nSPS) is 20.4. The molecule has 0 bridgehead atoms. The molecule has 3 heteroatoms. The molecule has 1 saturated carbocycles. The number of nitrogens with one attached hydrogen (secondary N) is 1. The van der Waals surface area contributed by atoms with Crippen LogP contribution >= 0.6 is 0 Å². The van der Waals surface area contributed by atoms with E-state index in [4.69, 9.17) is 0 Å². The van der Waals surface area contributed by atoms with Crippen molar-refractivity contribution in [3.05, 3.63) is 18.0 Å². The number of aryl methyl sites for hydroxylation is 1. The van der Waals surface area contributed by atoms with Gasteiger partial charge in [0.2, 0.25) is 0 Å². The smallest absolute Gasteiger partial charge is 0.0547 e. The van der Waals surface area contributed by atoms with E-state index in [1.54, 1.807) is 0 Å². The van der Waals surface area contributed by atoms with Crippen LogP contribution in [0.1, 0.15) is 50.8 Å². The van der Waals surface area contributed by atoms with Gasteiger partial charge < -0.3 is 5.32 Å². The summed E-state index contributed by atoms with van der Waals surface area (Å²) in [6.07, 6.45) is 8.72. The zero-order valence-corrected chi connectivity index (χ0v) is 9.74. The van der Waals surface area contributed by atoms with Gasteiger partial charge in [0.05, 0.1) is 5.69 Å². The Morgan fingerprint density at radius 3 is 2.73 bits per heavy atom. The highest BCUT2D eigenvalue weighted by atomic mass is 15.3. The molecular formula is C12H21N3. The first-order valence-electron chi connectivity index (χ1n) is 6.01. The molecular weight excluding hydrogens is 186 g/mol. The van der Waals surface area contributed by atoms with E-state index in [-0.39, 0.29) is 0 Å². The van der Waals surface area contributed by atoms with Crippen molar-refractivity contribution in [1.29, 1.82) is 0 Å².